The first-order valence-corrected chi connectivity index (χ1v) is 7.52. The number of halogens is 1. The molecule has 0 aliphatic carbocycles. The topological polar surface area (TPSA) is 71.8 Å². The Morgan fingerprint density at radius 2 is 2.21 bits per heavy atom. The van der Waals surface area contributed by atoms with Gasteiger partial charge in [0, 0.05) is 26.8 Å². The van der Waals surface area contributed by atoms with Crippen LogP contribution in [-0.2, 0) is 6.42 Å². The van der Waals surface area contributed by atoms with E-state index in [4.69, 9.17) is 5.73 Å². The van der Waals surface area contributed by atoms with Gasteiger partial charge in [-0.3, -0.25) is 4.79 Å². The SMILES string of the molecule is CCCc1cc(=O)[nH]c(Sc2ccc(N)cc2Br)n1. The molecule has 0 unspecified atom stereocenters. The van der Waals surface area contributed by atoms with E-state index in [9.17, 15) is 4.79 Å². The number of hydrogen-bond acceptors (Lipinski definition) is 4. The maximum absolute atomic E-state index is 11.6. The zero-order chi connectivity index (χ0) is 13.8. The average molecular weight is 340 g/mol. The minimum Gasteiger partial charge on any atom is -0.399 e. The molecule has 1 heterocycles. The standard InChI is InChI=1S/C13H14BrN3OS/c1-2-3-9-7-12(18)17-13(16-9)19-11-5-4-8(15)6-10(11)14/h4-7H,2-3,15H2,1H3,(H,16,17,18). The molecule has 19 heavy (non-hydrogen) atoms. The van der Waals surface area contributed by atoms with Crippen LogP contribution >= 0.6 is 27.7 Å². The van der Waals surface area contributed by atoms with E-state index in [2.05, 4.69) is 32.8 Å². The van der Waals surface area contributed by atoms with Gasteiger partial charge in [-0.15, -0.1) is 0 Å². The first-order valence-electron chi connectivity index (χ1n) is 5.91. The summed E-state index contributed by atoms with van der Waals surface area (Å²) in [5.74, 6) is 0. The Kier molecular flexibility index (Phi) is 4.66. The van der Waals surface area contributed by atoms with Gasteiger partial charge in [0.15, 0.2) is 5.16 Å². The van der Waals surface area contributed by atoms with Crippen LogP contribution in [0.25, 0.3) is 0 Å². The summed E-state index contributed by atoms with van der Waals surface area (Å²) in [6, 6.07) is 7.10. The van der Waals surface area contributed by atoms with Crippen LogP contribution in [0.5, 0.6) is 0 Å². The Hall–Kier alpha value is -1.27. The van der Waals surface area contributed by atoms with Crippen molar-refractivity contribution in [2.75, 3.05) is 5.73 Å². The summed E-state index contributed by atoms with van der Waals surface area (Å²) in [6.07, 6.45) is 1.77. The largest absolute Gasteiger partial charge is 0.399 e. The molecule has 0 aliphatic rings. The third-order valence-electron chi connectivity index (χ3n) is 2.44. The maximum Gasteiger partial charge on any atom is 0.251 e. The summed E-state index contributed by atoms with van der Waals surface area (Å²) in [6.45, 7) is 2.06. The number of hydrogen-bond donors (Lipinski definition) is 2. The Labute approximate surface area is 124 Å². The van der Waals surface area contributed by atoms with Gasteiger partial charge in [-0.1, -0.05) is 25.1 Å². The summed E-state index contributed by atoms with van der Waals surface area (Å²) in [5, 5.41) is 0.599. The summed E-state index contributed by atoms with van der Waals surface area (Å²) < 4.78 is 0.890. The predicted octanol–water partition coefficient (Wildman–Crippen LogP) is 3.22. The number of anilines is 1. The zero-order valence-corrected chi connectivity index (χ0v) is 12.8. The third kappa shape index (κ3) is 3.84. The zero-order valence-electron chi connectivity index (χ0n) is 10.4. The second-order valence-corrected chi connectivity index (χ2v) is 5.97. The molecule has 100 valence electrons. The molecule has 1 aromatic heterocycles. The van der Waals surface area contributed by atoms with Crippen LogP contribution in [0.2, 0.25) is 0 Å². The highest BCUT2D eigenvalue weighted by molar-refractivity contribution is 9.10. The molecule has 0 saturated carbocycles. The van der Waals surface area contributed by atoms with Gasteiger partial charge in [0.2, 0.25) is 0 Å². The number of nitrogen functional groups attached to an aromatic ring is 1. The van der Waals surface area contributed by atoms with Gasteiger partial charge in [0.05, 0.1) is 0 Å². The number of aryl methyl sites for hydroxylation is 1. The van der Waals surface area contributed by atoms with Crippen LogP contribution < -0.4 is 11.3 Å². The molecule has 2 rings (SSSR count). The van der Waals surface area contributed by atoms with Gasteiger partial charge in [-0.25, -0.2) is 4.98 Å². The molecule has 0 bridgehead atoms. The van der Waals surface area contributed by atoms with Crippen molar-refractivity contribution >= 4 is 33.4 Å². The number of rotatable bonds is 4. The fraction of sp³-hybridized carbons (Fsp3) is 0.231. The highest BCUT2D eigenvalue weighted by Crippen LogP contribution is 2.32. The first-order chi connectivity index (χ1) is 9.08. The van der Waals surface area contributed by atoms with E-state index in [1.165, 1.54) is 11.8 Å². The number of aromatic amines is 1. The van der Waals surface area contributed by atoms with E-state index in [1.54, 1.807) is 6.07 Å². The molecule has 1 aromatic carbocycles. The molecule has 2 aromatic rings. The van der Waals surface area contributed by atoms with Gasteiger partial charge in [0.25, 0.3) is 5.56 Å². The van der Waals surface area contributed by atoms with Crippen LogP contribution in [0.15, 0.2) is 43.6 Å². The highest BCUT2D eigenvalue weighted by atomic mass is 79.9. The summed E-state index contributed by atoms with van der Waals surface area (Å²) >= 11 is 4.86. The number of H-pyrrole nitrogens is 1. The van der Waals surface area contributed by atoms with Crippen molar-refractivity contribution in [1.29, 1.82) is 0 Å². The second-order valence-electron chi connectivity index (χ2n) is 4.08. The van der Waals surface area contributed by atoms with Gasteiger partial charge in [0.1, 0.15) is 0 Å². The number of nitrogens with one attached hydrogen (secondary N) is 1. The normalized spacial score (nSPS) is 10.6. The lowest BCUT2D eigenvalue weighted by molar-refractivity contribution is 0.816. The van der Waals surface area contributed by atoms with Crippen molar-refractivity contribution < 1.29 is 0 Å². The van der Waals surface area contributed by atoms with Crippen LogP contribution in [0, 0.1) is 0 Å². The molecule has 0 amide bonds. The van der Waals surface area contributed by atoms with Crippen LogP contribution in [0.3, 0.4) is 0 Å². The average Bonchev–Trinajstić information content (AvgIpc) is 2.32. The summed E-state index contributed by atoms with van der Waals surface area (Å²) in [5.41, 5.74) is 7.09. The number of nitrogens with two attached hydrogens (primary N) is 1. The molecular formula is C13H14BrN3OS. The van der Waals surface area contributed by atoms with Crippen molar-refractivity contribution in [3.05, 3.63) is 44.8 Å². The predicted molar refractivity (Wildman–Crippen MR) is 81.5 cm³/mol. The van der Waals surface area contributed by atoms with Crippen molar-refractivity contribution in [3.8, 4) is 0 Å². The van der Waals surface area contributed by atoms with E-state index < -0.39 is 0 Å². The number of benzene rings is 1. The van der Waals surface area contributed by atoms with E-state index in [0.717, 1.165) is 27.9 Å². The number of aromatic nitrogens is 2. The lowest BCUT2D eigenvalue weighted by Crippen LogP contribution is -2.09. The van der Waals surface area contributed by atoms with Crippen molar-refractivity contribution in [2.45, 2.75) is 29.8 Å². The van der Waals surface area contributed by atoms with E-state index in [1.807, 2.05) is 18.2 Å². The highest BCUT2D eigenvalue weighted by Gasteiger charge is 2.06. The van der Waals surface area contributed by atoms with Gasteiger partial charge in [-0.05, 0) is 40.5 Å². The smallest absolute Gasteiger partial charge is 0.251 e. The minimum absolute atomic E-state index is 0.118. The Balaban J connectivity index is 2.30. The minimum atomic E-state index is -0.118. The monoisotopic (exact) mass is 339 g/mol. The molecule has 0 spiro atoms. The fourth-order valence-electron chi connectivity index (χ4n) is 1.62. The Morgan fingerprint density at radius 1 is 1.42 bits per heavy atom. The molecule has 6 heteroatoms. The molecule has 0 aliphatic heterocycles. The van der Waals surface area contributed by atoms with Crippen molar-refractivity contribution in [3.63, 3.8) is 0 Å². The van der Waals surface area contributed by atoms with Crippen molar-refractivity contribution in [1.82, 2.24) is 9.97 Å². The van der Waals surface area contributed by atoms with Gasteiger partial charge >= 0.3 is 0 Å². The number of nitrogens with zero attached hydrogens (tertiary/aromatic N) is 1. The van der Waals surface area contributed by atoms with E-state index in [0.29, 0.717) is 10.8 Å². The summed E-state index contributed by atoms with van der Waals surface area (Å²) in [7, 11) is 0. The fourth-order valence-corrected chi connectivity index (χ4v) is 3.07. The molecular weight excluding hydrogens is 326 g/mol. The van der Waals surface area contributed by atoms with Gasteiger partial charge < -0.3 is 10.7 Å². The van der Waals surface area contributed by atoms with E-state index >= 15 is 0 Å². The summed E-state index contributed by atoms with van der Waals surface area (Å²) in [4.78, 5) is 19.7. The molecule has 4 nitrogen and oxygen atoms in total. The van der Waals surface area contributed by atoms with Gasteiger partial charge in [-0.2, -0.15) is 0 Å². The lowest BCUT2D eigenvalue weighted by Gasteiger charge is -2.06. The molecule has 3 N–H and O–H groups in total. The van der Waals surface area contributed by atoms with Crippen LogP contribution in [0.1, 0.15) is 19.0 Å². The molecule has 0 saturated heterocycles. The molecule has 0 fully saturated rings. The molecule has 0 atom stereocenters. The third-order valence-corrected chi connectivity index (χ3v) is 4.32. The second kappa shape index (κ2) is 6.25. The van der Waals surface area contributed by atoms with Crippen LogP contribution in [0.4, 0.5) is 5.69 Å². The quantitative estimate of drug-likeness (QED) is 0.662. The Morgan fingerprint density at radius 3 is 2.89 bits per heavy atom. The maximum atomic E-state index is 11.6. The lowest BCUT2D eigenvalue weighted by atomic mass is 10.2. The first kappa shape index (κ1) is 14.1. The molecule has 0 radical (unpaired) electrons. The van der Waals surface area contributed by atoms with Crippen molar-refractivity contribution in [2.24, 2.45) is 0 Å². The van der Waals surface area contributed by atoms with Crippen LogP contribution in [-0.4, -0.2) is 9.97 Å². The van der Waals surface area contributed by atoms with E-state index in [-0.39, 0.29) is 5.56 Å². The Bertz CT molecular complexity index is 642.